The number of halogens is 1. The van der Waals surface area contributed by atoms with Gasteiger partial charge in [-0.2, -0.15) is 5.10 Å². The fraction of sp³-hybridized carbons (Fsp3) is 0.833. The molecule has 0 bridgehead atoms. The summed E-state index contributed by atoms with van der Waals surface area (Å²) in [5.74, 6) is 1.11. The largest absolute Gasteiger partial charge is 0.248 e. The maximum Gasteiger partial charge on any atom is 0.138 e. The third kappa shape index (κ3) is 2.84. The molecule has 0 radical (unpaired) electrons. The molecule has 0 amide bonds. The van der Waals surface area contributed by atoms with Gasteiger partial charge in [0.1, 0.15) is 12.2 Å². The second kappa shape index (κ2) is 5.80. The van der Waals surface area contributed by atoms with Crippen molar-refractivity contribution < 1.29 is 0 Å². The normalized spacial score (nSPS) is 12.4. The van der Waals surface area contributed by atoms with Gasteiger partial charge in [-0.25, -0.2) is 9.67 Å². The Hall–Kier alpha value is -0.380. The maximum atomic E-state index is 4.40. The van der Waals surface area contributed by atoms with Crippen LogP contribution in [0.5, 0.6) is 0 Å². The second-order valence-corrected chi connectivity index (χ2v) is 5.29. The summed E-state index contributed by atoms with van der Waals surface area (Å²) in [6.07, 6.45) is 5.00. The lowest BCUT2D eigenvalue weighted by molar-refractivity contribution is 0.291. The van der Waals surface area contributed by atoms with Crippen molar-refractivity contribution in [2.75, 3.05) is 5.33 Å². The number of aromatic nitrogens is 3. The summed E-state index contributed by atoms with van der Waals surface area (Å²) in [4.78, 5) is 4.40. The van der Waals surface area contributed by atoms with Crippen molar-refractivity contribution in [1.29, 1.82) is 0 Å². The van der Waals surface area contributed by atoms with Crippen LogP contribution in [-0.4, -0.2) is 20.1 Å². The minimum Gasteiger partial charge on any atom is -0.248 e. The first-order chi connectivity index (χ1) is 7.58. The Kier molecular flexibility index (Phi) is 4.96. The van der Waals surface area contributed by atoms with Crippen molar-refractivity contribution in [3.63, 3.8) is 0 Å². The molecule has 0 atom stereocenters. The Morgan fingerprint density at radius 3 is 2.44 bits per heavy atom. The van der Waals surface area contributed by atoms with Crippen LogP contribution in [0.2, 0.25) is 0 Å². The van der Waals surface area contributed by atoms with Gasteiger partial charge in [0.25, 0.3) is 0 Å². The first-order valence-corrected chi connectivity index (χ1v) is 7.15. The molecule has 0 aliphatic heterocycles. The lowest BCUT2D eigenvalue weighted by atomic mass is 9.81. The van der Waals surface area contributed by atoms with E-state index in [0.29, 0.717) is 11.5 Å². The van der Waals surface area contributed by atoms with Crippen LogP contribution in [0.15, 0.2) is 6.33 Å². The summed E-state index contributed by atoms with van der Waals surface area (Å²) >= 11 is 3.64. The van der Waals surface area contributed by atoms with Crippen molar-refractivity contribution in [2.45, 2.75) is 53.0 Å². The van der Waals surface area contributed by atoms with Crippen molar-refractivity contribution in [1.82, 2.24) is 14.8 Å². The highest BCUT2D eigenvalue weighted by atomic mass is 79.9. The van der Waals surface area contributed by atoms with E-state index in [-0.39, 0.29) is 0 Å². The van der Waals surface area contributed by atoms with Crippen LogP contribution in [0.4, 0.5) is 0 Å². The molecule has 1 aromatic heterocycles. The summed E-state index contributed by atoms with van der Waals surface area (Å²) in [6, 6.07) is 0.388. The highest BCUT2D eigenvalue weighted by Gasteiger charge is 2.27. The van der Waals surface area contributed by atoms with Gasteiger partial charge in [0, 0.05) is 17.8 Å². The van der Waals surface area contributed by atoms with Gasteiger partial charge in [-0.3, -0.25) is 0 Å². The predicted octanol–water partition coefficient (Wildman–Crippen LogP) is 3.60. The monoisotopic (exact) mass is 287 g/mol. The zero-order valence-electron chi connectivity index (χ0n) is 10.7. The quantitative estimate of drug-likeness (QED) is 0.749. The Morgan fingerprint density at radius 2 is 2.00 bits per heavy atom. The Labute approximate surface area is 107 Å². The Balaban J connectivity index is 2.89. The zero-order valence-corrected chi connectivity index (χ0v) is 12.3. The van der Waals surface area contributed by atoms with E-state index in [0.717, 1.165) is 17.6 Å². The number of nitrogens with zero attached hydrogens (tertiary/aromatic N) is 3. The highest BCUT2D eigenvalue weighted by molar-refractivity contribution is 9.09. The molecule has 0 aromatic carbocycles. The fourth-order valence-corrected chi connectivity index (χ4v) is 2.89. The average molecular weight is 288 g/mol. The van der Waals surface area contributed by atoms with Crippen molar-refractivity contribution in [3.8, 4) is 0 Å². The molecule has 0 aliphatic rings. The summed E-state index contributed by atoms with van der Waals surface area (Å²) in [5, 5.41) is 5.32. The second-order valence-electron chi connectivity index (χ2n) is 4.73. The van der Waals surface area contributed by atoms with E-state index in [4.69, 9.17) is 0 Å². The molecule has 1 heterocycles. The van der Waals surface area contributed by atoms with E-state index >= 15 is 0 Å². The van der Waals surface area contributed by atoms with Crippen LogP contribution in [0.25, 0.3) is 0 Å². The van der Waals surface area contributed by atoms with E-state index in [2.05, 4.69) is 53.7 Å². The third-order valence-electron chi connectivity index (χ3n) is 3.45. The zero-order chi connectivity index (χ0) is 12.2. The molecule has 3 nitrogen and oxygen atoms in total. The van der Waals surface area contributed by atoms with Gasteiger partial charge in [-0.1, -0.05) is 29.8 Å². The molecule has 92 valence electrons. The molecular weight excluding hydrogens is 266 g/mol. The lowest BCUT2D eigenvalue weighted by Gasteiger charge is -2.29. The molecule has 1 rings (SSSR count). The molecule has 0 unspecified atom stereocenters. The smallest absolute Gasteiger partial charge is 0.138 e. The van der Waals surface area contributed by atoms with Gasteiger partial charge < -0.3 is 0 Å². The fourth-order valence-electron chi connectivity index (χ4n) is 1.90. The Bertz CT molecular complexity index is 308. The number of alkyl halides is 1. The van der Waals surface area contributed by atoms with Crippen LogP contribution in [0.1, 0.15) is 52.4 Å². The summed E-state index contributed by atoms with van der Waals surface area (Å²) in [7, 11) is 0. The molecule has 0 fully saturated rings. The van der Waals surface area contributed by atoms with Crippen molar-refractivity contribution in [2.24, 2.45) is 5.41 Å². The molecule has 16 heavy (non-hydrogen) atoms. The van der Waals surface area contributed by atoms with E-state index in [1.165, 1.54) is 12.8 Å². The molecule has 0 saturated carbocycles. The van der Waals surface area contributed by atoms with Crippen molar-refractivity contribution >= 4 is 15.9 Å². The molecule has 0 saturated heterocycles. The third-order valence-corrected chi connectivity index (χ3v) is 4.64. The highest BCUT2D eigenvalue weighted by Crippen LogP contribution is 2.32. The topological polar surface area (TPSA) is 30.7 Å². The van der Waals surface area contributed by atoms with Gasteiger partial charge in [0.05, 0.1) is 0 Å². The summed E-state index contributed by atoms with van der Waals surface area (Å²) in [6.45, 7) is 8.79. The molecule has 0 spiro atoms. The standard InChI is InChI=1S/C12H22BrN3/c1-5-12(6-2,8-13)7-11-14-9-15-16(11)10(3)4/h9-10H,5-8H2,1-4H3. The van der Waals surface area contributed by atoms with Crippen LogP contribution >= 0.6 is 15.9 Å². The van der Waals surface area contributed by atoms with E-state index in [9.17, 15) is 0 Å². The predicted molar refractivity (Wildman–Crippen MR) is 70.9 cm³/mol. The maximum absolute atomic E-state index is 4.40. The first-order valence-electron chi connectivity index (χ1n) is 6.03. The summed E-state index contributed by atoms with van der Waals surface area (Å²) in [5.41, 5.74) is 0.319. The number of rotatable bonds is 6. The minimum atomic E-state index is 0.319. The van der Waals surface area contributed by atoms with Crippen LogP contribution in [0.3, 0.4) is 0 Å². The number of hydrogen-bond donors (Lipinski definition) is 0. The number of hydrogen-bond acceptors (Lipinski definition) is 2. The average Bonchev–Trinajstić information content (AvgIpc) is 2.74. The first kappa shape index (κ1) is 13.7. The van der Waals surface area contributed by atoms with Crippen LogP contribution in [-0.2, 0) is 6.42 Å². The van der Waals surface area contributed by atoms with Crippen molar-refractivity contribution in [3.05, 3.63) is 12.2 Å². The van der Waals surface area contributed by atoms with E-state index < -0.39 is 0 Å². The van der Waals surface area contributed by atoms with E-state index in [1.54, 1.807) is 6.33 Å². The van der Waals surface area contributed by atoms with Gasteiger partial charge in [-0.15, -0.1) is 0 Å². The van der Waals surface area contributed by atoms with Gasteiger partial charge in [0.15, 0.2) is 0 Å². The molecule has 4 heteroatoms. The SMILES string of the molecule is CCC(CC)(CBr)Cc1ncnn1C(C)C. The van der Waals surface area contributed by atoms with E-state index in [1.807, 2.05) is 4.68 Å². The van der Waals surface area contributed by atoms with Gasteiger partial charge in [0.2, 0.25) is 0 Å². The summed E-state index contributed by atoms with van der Waals surface area (Å²) < 4.78 is 2.03. The van der Waals surface area contributed by atoms with Gasteiger partial charge in [-0.05, 0) is 32.1 Å². The molecule has 0 N–H and O–H groups in total. The Morgan fingerprint density at radius 1 is 1.38 bits per heavy atom. The lowest BCUT2D eigenvalue weighted by Crippen LogP contribution is -2.26. The van der Waals surface area contributed by atoms with Gasteiger partial charge >= 0.3 is 0 Å². The molecule has 0 aliphatic carbocycles. The minimum absolute atomic E-state index is 0.319. The molecular formula is C12H22BrN3. The molecule has 1 aromatic rings. The van der Waals surface area contributed by atoms with Crippen LogP contribution < -0.4 is 0 Å². The van der Waals surface area contributed by atoms with Crippen LogP contribution in [0, 0.1) is 5.41 Å².